The minimum Gasteiger partial charge on any atom is -0.382 e. The molecule has 0 heterocycles. The monoisotopic (exact) mass is 245 g/mol. The maximum atomic E-state index is 3.69. The molecule has 0 saturated heterocycles. The Balaban J connectivity index is 1.98. The van der Waals surface area contributed by atoms with Gasteiger partial charge in [0.1, 0.15) is 0 Å². The summed E-state index contributed by atoms with van der Waals surface area (Å²) in [5.41, 5.74) is 2.94. The van der Waals surface area contributed by atoms with Gasteiger partial charge in [-0.25, -0.2) is 0 Å². The molecule has 2 rings (SSSR count). The Labute approximate surface area is 112 Å². The van der Waals surface area contributed by atoms with E-state index in [-0.39, 0.29) is 5.41 Å². The molecule has 1 heteroatoms. The Morgan fingerprint density at radius 1 is 1.06 bits per heavy atom. The van der Waals surface area contributed by atoms with Crippen LogP contribution in [0.5, 0.6) is 0 Å². The first-order valence-electron chi connectivity index (χ1n) is 7.32. The molecule has 1 aromatic carbocycles. The normalized spacial score (nSPS) is 24.9. The molecular formula is C17H27N. The zero-order valence-corrected chi connectivity index (χ0v) is 12.3. The van der Waals surface area contributed by atoms with Crippen molar-refractivity contribution in [3.63, 3.8) is 0 Å². The van der Waals surface area contributed by atoms with E-state index in [4.69, 9.17) is 0 Å². The van der Waals surface area contributed by atoms with E-state index in [0.29, 0.717) is 6.04 Å². The van der Waals surface area contributed by atoms with Crippen LogP contribution in [0.25, 0.3) is 0 Å². The molecule has 2 atom stereocenters. The Hall–Kier alpha value is -0.980. The third kappa shape index (κ3) is 3.51. The first-order chi connectivity index (χ1) is 8.45. The van der Waals surface area contributed by atoms with Gasteiger partial charge in [0.2, 0.25) is 0 Å². The third-order valence-electron chi connectivity index (χ3n) is 4.06. The number of anilines is 1. The molecule has 1 fully saturated rings. The van der Waals surface area contributed by atoms with Gasteiger partial charge in [0.15, 0.2) is 0 Å². The highest BCUT2D eigenvalue weighted by atomic mass is 14.9. The van der Waals surface area contributed by atoms with Crippen LogP contribution in [0.1, 0.15) is 58.9 Å². The van der Waals surface area contributed by atoms with E-state index < -0.39 is 0 Å². The Bertz CT molecular complexity index is 372. The topological polar surface area (TPSA) is 12.0 Å². The fraction of sp³-hybridized carbons (Fsp3) is 0.647. The van der Waals surface area contributed by atoms with E-state index in [1.807, 2.05) is 0 Å². The summed E-state index contributed by atoms with van der Waals surface area (Å²) < 4.78 is 0. The SMILES string of the molecule is CC1CCCC(Nc2ccc(C(C)(C)C)cc2)C1. The van der Waals surface area contributed by atoms with Gasteiger partial charge >= 0.3 is 0 Å². The molecule has 0 aliphatic heterocycles. The number of hydrogen-bond acceptors (Lipinski definition) is 1. The minimum atomic E-state index is 0.248. The van der Waals surface area contributed by atoms with Crippen LogP contribution in [-0.4, -0.2) is 6.04 Å². The fourth-order valence-electron chi connectivity index (χ4n) is 2.87. The number of hydrogen-bond donors (Lipinski definition) is 1. The zero-order valence-electron chi connectivity index (χ0n) is 12.3. The van der Waals surface area contributed by atoms with Crippen LogP contribution in [0.15, 0.2) is 24.3 Å². The number of rotatable bonds is 2. The van der Waals surface area contributed by atoms with Crippen molar-refractivity contribution in [3.8, 4) is 0 Å². The molecule has 1 saturated carbocycles. The lowest BCUT2D eigenvalue weighted by molar-refractivity contribution is 0.358. The highest BCUT2D eigenvalue weighted by Gasteiger charge is 2.19. The van der Waals surface area contributed by atoms with E-state index in [1.165, 1.54) is 36.9 Å². The highest BCUT2D eigenvalue weighted by molar-refractivity contribution is 5.46. The van der Waals surface area contributed by atoms with Crippen molar-refractivity contribution in [2.75, 3.05) is 5.32 Å². The molecule has 1 nitrogen and oxygen atoms in total. The maximum absolute atomic E-state index is 3.69. The summed E-state index contributed by atoms with van der Waals surface area (Å²) in [5, 5.41) is 3.69. The van der Waals surface area contributed by atoms with Crippen LogP contribution < -0.4 is 5.32 Å². The molecule has 0 radical (unpaired) electrons. The summed E-state index contributed by atoms with van der Waals surface area (Å²) in [6.07, 6.45) is 5.42. The summed E-state index contributed by atoms with van der Waals surface area (Å²) in [6.45, 7) is 9.16. The molecule has 1 N–H and O–H groups in total. The molecule has 1 aliphatic carbocycles. The minimum absolute atomic E-state index is 0.248. The predicted octanol–water partition coefficient (Wildman–Crippen LogP) is 4.97. The van der Waals surface area contributed by atoms with Crippen molar-refractivity contribution >= 4 is 5.69 Å². The molecule has 2 unspecified atom stereocenters. The number of benzene rings is 1. The second-order valence-electron chi connectivity index (χ2n) is 6.94. The van der Waals surface area contributed by atoms with Crippen molar-refractivity contribution in [2.24, 2.45) is 5.92 Å². The van der Waals surface area contributed by atoms with Crippen molar-refractivity contribution in [1.29, 1.82) is 0 Å². The maximum Gasteiger partial charge on any atom is 0.0342 e. The predicted molar refractivity (Wildman–Crippen MR) is 80.2 cm³/mol. The van der Waals surface area contributed by atoms with Crippen LogP contribution in [0.3, 0.4) is 0 Å². The van der Waals surface area contributed by atoms with Crippen molar-refractivity contribution in [2.45, 2.75) is 64.8 Å². The molecule has 0 aromatic heterocycles. The smallest absolute Gasteiger partial charge is 0.0342 e. The van der Waals surface area contributed by atoms with E-state index >= 15 is 0 Å². The van der Waals surface area contributed by atoms with Crippen molar-refractivity contribution in [1.82, 2.24) is 0 Å². The van der Waals surface area contributed by atoms with Gasteiger partial charge in [0, 0.05) is 11.7 Å². The quantitative estimate of drug-likeness (QED) is 0.775. The standard InChI is InChI=1S/C17H27N/c1-13-6-5-7-16(12-13)18-15-10-8-14(9-11-15)17(2,3)4/h8-11,13,16,18H,5-7,12H2,1-4H3. The molecule has 1 aromatic rings. The first-order valence-corrected chi connectivity index (χ1v) is 7.32. The van der Waals surface area contributed by atoms with Crippen molar-refractivity contribution < 1.29 is 0 Å². The van der Waals surface area contributed by atoms with Gasteiger partial charge < -0.3 is 5.32 Å². The summed E-state index contributed by atoms with van der Waals surface area (Å²) in [7, 11) is 0. The van der Waals surface area contributed by atoms with Gasteiger partial charge in [-0.1, -0.05) is 52.7 Å². The van der Waals surface area contributed by atoms with Gasteiger partial charge in [-0.2, -0.15) is 0 Å². The average molecular weight is 245 g/mol. The Morgan fingerprint density at radius 2 is 1.72 bits per heavy atom. The summed E-state index contributed by atoms with van der Waals surface area (Å²) >= 11 is 0. The highest BCUT2D eigenvalue weighted by Crippen LogP contribution is 2.27. The third-order valence-corrected chi connectivity index (χ3v) is 4.06. The summed E-state index contributed by atoms with van der Waals surface area (Å²) in [5.74, 6) is 0.880. The lowest BCUT2D eigenvalue weighted by atomic mass is 9.86. The van der Waals surface area contributed by atoms with Crippen molar-refractivity contribution in [3.05, 3.63) is 29.8 Å². The molecule has 0 bridgehead atoms. The van der Waals surface area contributed by atoms with Gasteiger partial charge in [-0.05, 0) is 41.9 Å². The van der Waals surface area contributed by atoms with Gasteiger partial charge in [0.05, 0.1) is 0 Å². The molecule has 18 heavy (non-hydrogen) atoms. The Morgan fingerprint density at radius 3 is 2.28 bits per heavy atom. The second-order valence-corrected chi connectivity index (χ2v) is 6.94. The van der Waals surface area contributed by atoms with Crippen LogP contribution in [0.2, 0.25) is 0 Å². The molecule has 100 valence electrons. The molecule has 0 amide bonds. The summed E-state index contributed by atoms with van der Waals surface area (Å²) in [4.78, 5) is 0. The average Bonchev–Trinajstić information content (AvgIpc) is 2.28. The first kappa shape index (κ1) is 13.5. The van der Waals surface area contributed by atoms with Gasteiger partial charge in [-0.15, -0.1) is 0 Å². The fourth-order valence-corrected chi connectivity index (χ4v) is 2.87. The second kappa shape index (κ2) is 5.34. The van der Waals surface area contributed by atoms with Gasteiger partial charge in [0.25, 0.3) is 0 Å². The van der Waals surface area contributed by atoms with Crippen LogP contribution in [-0.2, 0) is 5.41 Å². The van der Waals surface area contributed by atoms with Crippen LogP contribution in [0, 0.1) is 5.92 Å². The lowest BCUT2D eigenvalue weighted by Crippen LogP contribution is -2.26. The van der Waals surface area contributed by atoms with E-state index in [1.54, 1.807) is 0 Å². The van der Waals surface area contributed by atoms with Gasteiger partial charge in [-0.3, -0.25) is 0 Å². The largest absolute Gasteiger partial charge is 0.382 e. The van der Waals surface area contributed by atoms with E-state index in [9.17, 15) is 0 Å². The van der Waals surface area contributed by atoms with Crippen LogP contribution >= 0.6 is 0 Å². The number of nitrogens with one attached hydrogen (secondary N) is 1. The van der Waals surface area contributed by atoms with Crippen LogP contribution in [0.4, 0.5) is 5.69 Å². The zero-order chi connectivity index (χ0) is 13.2. The molecule has 0 spiro atoms. The molecular weight excluding hydrogens is 218 g/mol. The summed E-state index contributed by atoms with van der Waals surface area (Å²) in [6, 6.07) is 9.66. The van der Waals surface area contributed by atoms with E-state index in [0.717, 1.165) is 5.92 Å². The molecule has 1 aliphatic rings. The Kier molecular flexibility index (Phi) is 3.99. The van der Waals surface area contributed by atoms with E-state index in [2.05, 4.69) is 57.3 Å². The lowest BCUT2D eigenvalue weighted by Gasteiger charge is -2.28.